The second-order valence-corrected chi connectivity index (χ2v) is 3.19. The molecule has 0 spiro atoms. The zero-order chi connectivity index (χ0) is 11.1. The summed E-state index contributed by atoms with van der Waals surface area (Å²) in [6.45, 7) is 2.77. The third-order valence-corrected chi connectivity index (χ3v) is 1.81. The molecule has 0 fully saturated rings. The Bertz CT molecular complexity index is 306. The van der Waals surface area contributed by atoms with Crippen molar-refractivity contribution in [1.82, 2.24) is 0 Å². The van der Waals surface area contributed by atoms with E-state index in [1.54, 1.807) is 6.08 Å². The first-order valence-electron chi connectivity index (χ1n) is 4.99. The summed E-state index contributed by atoms with van der Waals surface area (Å²) in [6, 6.07) is 7.45. The minimum absolute atomic E-state index is 0.713. The zero-order valence-electron chi connectivity index (χ0n) is 8.76. The van der Waals surface area contributed by atoms with Gasteiger partial charge in [-0.15, -0.1) is 0 Å². The quantitative estimate of drug-likeness (QED) is 0.717. The molecule has 3 nitrogen and oxygen atoms in total. The van der Waals surface area contributed by atoms with Gasteiger partial charge in [0.05, 0.1) is 6.61 Å². The van der Waals surface area contributed by atoms with Crippen LogP contribution in [0.1, 0.15) is 18.9 Å². The van der Waals surface area contributed by atoms with Crippen molar-refractivity contribution in [2.24, 2.45) is 0 Å². The number of rotatable bonds is 5. The number of ether oxygens (including phenoxy) is 1. The predicted octanol–water partition coefficient (Wildman–Crippen LogP) is 1.50. The molecule has 0 saturated carbocycles. The lowest BCUT2D eigenvalue weighted by Crippen LogP contribution is -2.05. The van der Waals surface area contributed by atoms with Crippen LogP contribution in [0.25, 0.3) is 6.08 Å². The zero-order valence-corrected chi connectivity index (χ0v) is 8.76. The molecule has 0 atom stereocenters. The third-order valence-electron chi connectivity index (χ3n) is 1.81. The maximum atomic E-state index is 8.63. The molecule has 1 aromatic carbocycles. The van der Waals surface area contributed by atoms with Crippen molar-refractivity contribution in [3.63, 3.8) is 0 Å². The van der Waals surface area contributed by atoms with Gasteiger partial charge >= 0.3 is 7.12 Å². The van der Waals surface area contributed by atoms with Crippen molar-refractivity contribution < 1.29 is 14.8 Å². The van der Waals surface area contributed by atoms with Crippen LogP contribution in [-0.4, -0.2) is 23.8 Å². The van der Waals surface area contributed by atoms with E-state index in [2.05, 4.69) is 6.92 Å². The molecular weight excluding hydrogens is 191 g/mol. The van der Waals surface area contributed by atoms with Crippen LogP contribution in [0, 0.1) is 0 Å². The molecule has 0 amide bonds. The van der Waals surface area contributed by atoms with Gasteiger partial charge in [-0.2, -0.15) is 0 Å². The molecule has 0 aliphatic carbocycles. The molecule has 0 bridgehead atoms. The van der Waals surface area contributed by atoms with Crippen LogP contribution in [-0.2, 0) is 0 Å². The van der Waals surface area contributed by atoms with Gasteiger partial charge in [0.1, 0.15) is 5.75 Å². The van der Waals surface area contributed by atoms with Gasteiger partial charge in [0, 0.05) is 0 Å². The smallest absolute Gasteiger partial charge is 0.480 e. The Labute approximate surface area is 90.2 Å². The van der Waals surface area contributed by atoms with E-state index in [9.17, 15) is 0 Å². The van der Waals surface area contributed by atoms with Crippen molar-refractivity contribution in [3.05, 3.63) is 35.8 Å². The fourth-order valence-electron chi connectivity index (χ4n) is 1.09. The standard InChI is InChI=1S/C11H15BO3/c1-2-9-15-11-5-3-10(4-6-11)7-8-12(13)14/h3-8,13-14H,2,9H2,1H3/b8-7+. The van der Waals surface area contributed by atoms with Crippen molar-refractivity contribution in [2.45, 2.75) is 13.3 Å². The van der Waals surface area contributed by atoms with Crippen LogP contribution in [0.15, 0.2) is 30.2 Å². The topological polar surface area (TPSA) is 49.7 Å². The Morgan fingerprint density at radius 3 is 2.47 bits per heavy atom. The predicted molar refractivity (Wildman–Crippen MR) is 61.5 cm³/mol. The van der Waals surface area contributed by atoms with Crippen molar-refractivity contribution >= 4 is 13.2 Å². The summed E-state index contributed by atoms with van der Waals surface area (Å²) in [6.07, 6.45) is 2.63. The fraction of sp³-hybridized carbons (Fsp3) is 0.273. The van der Waals surface area contributed by atoms with Gasteiger partial charge in [-0.3, -0.25) is 0 Å². The molecule has 0 heterocycles. The van der Waals surface area contributed by atoms with Crippen LogP contribution in [0.2, 0.25) is 0 Å². The highest BCUT2D eigenvalue weighted by atomic mass is 16.5. The second kappa shape index (κ2) is 6.27. The first-order chi connectivity index (χ1) is 7.22. The molecule has 0 aliphatic heterocycles. The van der Waals surface area contributed by atoms with Gasteiger partial charge in [0.25, 0.3) is 0 Å². The third kappa shape index (κ3) is 4.67. The summed E-state index contributed by atoms with van der Waals surface area (Å²) >= 11 is 0. The van der Waals surface area contributed by atoms with Crippen LogP contribution in [0.5, 0.6) is 5.75 Å². The lowest BCUT2D eigenvalue weighted by atomic mass is 9.91. The van der Waals surface area contributed by atoms with E-state index in [-0.39, 0.29) is 0 Å². The Kier molecular flexibility index (Phi) is 4.94. The molecule has 0 aromatic heterocycles. The van der Waals surface area contributed by atoms with Gasteiger partial charge in [-0.25, -0.2) is 0 Å². The first-order valence-corrected chi connectivity index (χ1v) is 4.99. The minimum atomic E-state index is -1.40. The van der Waals surface area contributed by atoms with E-state index >= 15 is 0 Å². The summed E-state index contributed by atoms with van der Waals surface area (Å²) in [5.74, 6) is 2.14. The Balaban J connectivity index is 2.56. The molecule has 15 heavy (non-hydrogen) atoms. The molecule has 0 saturated heterocycles. The molecule has 0 radical (unpaired) electrons. The molecule has 4 heteroatoms. The van der Waals surface area contributed by atoms with E-state index < -0.39 is 7.12 Å². The Hall–Kier alpha value is -1.26. The van der Waals surface area contributed by atoms with Crippen LogP contribution in [0.3, 0.4) is 0 Å². The van der Waals surface area contributed by atoms with E-state index in [4.69, 9.17) is 14.8 Å². The van der Waals surface area contributed by atoms with Crippen molar-refractivity contribution in [3.8, 4) is 5.75 Å². The van der Waals surface area contributed by atoms with Crippen molar-refractivity contribution in [2.75, 3.05) is 6.61 Å². The SMILES string of the molecule is CCCOc1ccc(/C=C/B(O)O)cc1. The highest BCUT2D eigenvalue weighted by molar-refractivity contribution is 6.48. The summed E-state index contributed by atoms with van der Waals surface area (Å²) in [5.41, 5.74) is 0.909. The monoisotopic (exact) mass is 206 g/mol. The number of hydrogen-bond acceptors (Lipinski definition) is 3. The Morgan fingerprint density at radius 2 is 1.93 bits per heavy atom. The average Bonchev–Trinajstić information content (AvgIpc) is 2.25. The van der Waals surface area contributed by atoms with E-state index in [1.165, 1.54) is 5.98 Å². The highest BCUT2D eigenvalue weighted by Gasteiger charge is 1.98. The fourth-order valence-corrected chi connectivity index (χ4v) is 1.09. The molecule has 2 N–H and O–H groups in total. The van der Waals surface area contributed by atoms with Gasteiger partial charge in [0.2, 0.25) is 0 Å². The first kappa shape index (κ1) is 11.8. The van der Waals surface area contributed by atoms with E-state index in [1.807, 2.05) is 24.3 Å². The van der Waals surface area contributed by atoms with Gasteiger partial charge in [-0.1, -0.05) is 31.1 Å². The maximum absolute atomic E-state index is 8.63. The van der Waals surface area contributed by atoms with Gasteiger partial charge in [0.15, 0.2) is 0 Å². The number of benzene rings is 1. The molecule has 0 aliphatic rings. The van der Waals surface area contributed by atoms with Crippen molar-refractivity contribution in [1.29, 1.82) is 0 Å². The summed E-state index contributed by atoms with van der Waals surface area (Å²) < 4.78 is 5.41. The molecular formula is C11H15BO3. The van der Waals surface area contributed by atoms with Crippen LogP contribution < -0.4 is 4.74 Å². The summed E-state index contributed by atoms with van der Waals surface area (Å²) in [5, 5.41) is 17.3. The Morgan fingerprint density at radius 1 is 1.27 bits per heavy atom. The summed E-state index contributed by atoms with van der Waals surface area (Å²) in [7, 11) is -1.40. The lowest BCUT2D eigenvalue weighted by molar-refractivity contribution is 0.317. The highest BCUT2D eigenvalue weighted by Crippen LogP contribution is 2.13. The molecule has 1 aromatic rings. The minimum Gasteiger partial charge on any atom is -0.494 e. The van der Waals surface area contributed by atoms with E-state index in [0.29, 0.717) is 6.61 Å². The largest absolute Gasteiger partial charge is 0.494 e. The summed E-state index contributed by atoms with van der Waals surface area (Å²) in [4.78, 5) is 0. The maximum Gasteiger partial charge on any atom is 0.480 e. The van der Waals surface area contributed by atoms with Crippen LogP contribution >= 0.6 is 0 Å². The molecule has 1 rings (SSSR count). The van der Waals surface area contributed by atoms with Gasteiger partial charge in [-0.05, 0) is 24.1 Å². The van der Waals surface area contributed by atoms with Crippen LogP contribution in [0.4, 0.5) is 0 Å². The van der Waals surface area contributed by atoms with Gasteiger partial charge < -0.3 is 14.8 Å². The molecule has 0 unspecified atom stereocenters. The molecule has 80 valence electrons. The average molecular weight is 206 g/mol. The second-order valence-electron chi connectivity index (χ2n) is 3.19. The lowest BCUT2D eigenvalue weighted by Gasteiger charge is -2.03. The normalized spacial score (nSPS) is 10.6. The number of hydrogen-bond donors (Lipinski definition) is 2. The van der Waals surface area contributed by atoms with E-state index in [0.717, 1.165) is 17.7 Å².